The Kier molecular flexibility index (Phi) is 2.20. The van der Waals surface area contributed by atoms with E-state index in [2.05, 4.69) is 29.0 Å². The minimum atomic E-state index is 1.03. The summed E-state index contributed by atoms with van der Waals surface area (Å²) in [5.41, 5.74) is 3.13. The Morgan fingerprint density at radius 2 is 2.00 bits per heavy atom. The molecule has 0 fully saturated rings. The molecule has 0 amide bonds. The van der Waals surface area contributed by atoms with Gasteiger partial charge in [-0.3, -0.25) is 4.98 Å². The summed E-state index contributed by atoms with van der Waals surface area (Å²) in [6.45, 7) is 3.84. The number of aryl methyl sites for hydroxylation is 1. The molecule has 0 N–H and O–H groups in total. The standard InChI is InChI=1S/C13H11N/c1-3-4-11-6-8-13-12(9-11)7-5-10(2)14-13/h5-9H,1-2H3. The first-order valence-corrected chi connectivity index (χ1v) is 4.60. The molecule has 0 spiro atoms. The quantitative estimate of drug-likeness (QED) is 0.569. The van der Waals surface area contributed by atoms with Crippen molar-refractivity contribution >= 4 is 10.9 Å². The first-order valence-electron chi connectivity index (χ1n) is 4.60. The van der Waals surface area contributed by atoms with Crippen LogP contribution < -0.4 is 0 Å². The lowest BCUT2D eigenvalue weighted by Gasteiger charge is -1.98. The predicted molar refractivity (Wildman–Crippen MR) is 59.0 cm³/mol. The Morgan fingerprint density at radius 1 is 1.14 bits per heavy atom. The summed E-state index contributed by atoms with van der Waals surface area (Å²) in [4.78, 5) is 4.43. The van der Waals surface area contributed by atoms with Gasteiger partial charge < -0.3 is 0 Å². The van der Waals surface area contributed by atoms with Crippen molar-refractivity contribution in [2.75, 3.05) is 0 Å². The maximum atomic E-state index is 4.43. The Morgan fingerprint density at radius 3 is 2.79 bits per heavy atom. The fourth-order valence-corrected chi connectivity index (χ4v) is 1.45. The molecule has 1 heteroatoms. The third-order valence-electron chi connectivity index (χ3n) is 2.10. The maximum Gasteiger partial charge on any atom is 0.0706 e. The zero-order valence-corrected chi connectivity index (χ0v) is 8.33. The zero-order chi connectivity index (χ0) is 9.97. The fourth-order valence-electron chi connectivity index (χ4n) is 1.45. The number of hydrogen-bond donors (Lipinski definition) is 0. The largest absolute Gasteiger partial charge is 0.253 e. The summed E-state index contributed by atoms with van der Waals surface area (Å²) in [6.07, 6.45) is 0. The van der Waals surface area contributed by atoms with Crippen LogP contribution >= 0.6 is 0 Å². The summed E-state index contributed by atoms with van der Waals surface area (Å²) >= 11 is 0. The zero-order valence-electron chi connectivity index (χ0n) is 8.33. The molecule has 0 aliphatic heterocycles. The number of aromatic nitrogens is 1. The molecular formula is C13H11N. The van der Waals surface area contributed by atoms with Crippen LogP contribution in [0.15, 0.2) is 30.3 Å². The monoisotopic (exact) mass is 181 g/mol. The topological polar surface area (TPSA) is 12.9 Å². The third-order valence-corrected chi connectivity index (χ3v) is 2.10. The van der Waals surface area contributed by atoms with Crippen molar-refractivity contribution in [1.82, 2.24) is 4.98 Å². The average molecular weight is 181 g/mol. The van der Waals surface area contributed by atoms with Crippen molar-refractivity contribution < 1.29 is 0 Å². The molecule has 0 atom stereocenters. The average Bonchev–Trinajstić information content (AvgIpc) is 2.19. The minimum Gasteiger partial charge on any atom is -0.253 e. The van der Waals surface area contributed by atoms with E-state index in [4.69, 9.17) is 0 Å². The van der Waals surface area contributed by atoms with Crippen LogP contribution in [-0.4, -0.2) is 4.98 Å². The highest BCUT2D eigenvalue weighted by Gasteiger charge is 1.95. The van der Waals surface area contributed by atoms with E-state index in [1.54, 1.807) is 0 Å². The van der Waals surface area contributed by atoms with Crippen molar-refractivity contribution in [3.63, 3.8) is 0 Å². The third kappa shape index (κ3) is 1.60. The van der Waals surface area contributed by atoms with Crippen LogP contribution in [0.1, 0.15) is 18.2 Å². The van der Waals surface area contributed by atoms with Gasteiger partial charge in [0.25, 0.3) is 0 Å². The molecule has 68 valence electrons. The lowest BCUT2D eigenvalue weighted by atomic mass is 10.1. The van der Waals surface area contributed by atoms with Crippen LogP contribution in [0.3, 0.4) is 0 Å². The molecule has 0 unspecified atom stereocenters. The molecule has 1 heterocycles. The molecule has 1 aromatic carbocycles. The van der Waals surface area contributed by atoms with Crippen LogP contribution in [0.25, 0.3) is 10.9 Å². The van der Waals surface area contributed by atoms with Gasteiger partial charge in [-0.05, 0) is 38.1 Å². The van der Waals surface area contributed by atoms with Crippen LogP contribution in [0.2, 0.25) is 0 Å². The summed E-state index contributed by atoms with van der Waals surface area (Å²) in [7, 11) is 0. The highest BCUT2D eigenvalue weighted by molar-refractivity contribution is 5.80. The SMILES string of the molecule is CC#Cc1ccc2nc(C)ccc2c1. The molecule has 14 heavy (non-hydrogen) atoms. The van der Waals surface area contributed by atoms with Gasteiger partial charge >= 0.3 is 0 Å². The summed E-state index contributed by atoms with van der Waals surface area (Å²) < 4.78 is 0. The fraction of sp³-hybridized carbons (Fsp3) is 0.154. The number of benzene rings is 1. The summed E-state index contributed by atoms with van der Waals surface area (Å²) in [5, 5.41) is 1.15. The second-order valence-electron chi connectivity index (χ2n) is 3.24. The van der Waals surface area contributed by atoms with Gasteiger partial charge in [-0.15, -0.1) is 5.92 Å². The van der Waals surface area contributed by atoms with Crippen molar-refractivity contribution in [3.05, 3.63) is 41.6 Å². The van der Waals surface area contributed by atoms with Crippen molar-refractivity contribution in [2.45, 2.75) is 13.8 Å². The van der Waals surface area contributed by atoms with Gasteiger partial charge in [0.1, 0.15) is 0 Å². The smallest absolute Gasteiger partial charge is 0.0706 e. The molecule has 1 aromatic heterocycles. The minimum absolute atomic E-state index is 1.03. The number of nitrogens with zero attached hydrogens (tertiary/aromatic N) is 1. The number of rotatable bonds is 0. The number of pyridine rings is 1. The van der Waals surface area contributed by atoms with Crippen LogP contribution in [0, 0.1) is 18.8 Å². The Bertz CT molecular complexity index is 530. The normalized spacial score (nSPS) is 9.57. The Labute approximate surface area is 83.8 Å². The molecule has 1 nitrogen and oxygen atoms in total. The van der Waals surface area contributed by atoms with Crippen molar-refractivity contribution in [1.29, 1.82) is 0 Å². The molecule has 2 rings (SSSR count). The van der Waals surface area contributed by atoms with E-state index in [1.807, 2.05) is 32.0 Å². The lowest BCUT2D eigenvalue weighted by molar-refractivity contribution is 1.25. The Hall–Kier alpha value is -1.81. The van der Waals surface area contributed by atoms with Crippen molar-refractivity contribution in [2.24, 2.45) is 0 Å². The van der Waals surface area contributed by atoms with E-state index in [0.717, 1.165) is 22.2 Å². The van der Waals surface area contributed by atoms with E-state index < -0.39 is 0 Å². The van der Waals surface area contributed by atoms with Gasteiger partial charge in [-0.25, -0.2) is 0 Å². The second kappa shape index (κ2) is 3.51. The van der Waals surface area contributed by atoms with Gasteiger partial charge in [-0.1, -0.05) is 12.0 Å². The van der Waals surface area contributed by atoms with Gasteiger partial charge in [0, 0.05) is 16.6 Å². The Balaban J connectivity index is 2.65. The van der Waals surface area contributed by atoms with Crippen LogP contribution in [0.4, 0.5) is 0 Å². The highest BCUT2D eigenvalue weighted by Crippen LogP contribution is 2.13. The molecule has 0 saturated carbocycles. The summed E-state index contributed by atoms with van der Waals surface area (Å²) in [6, 6.07) is 10.2. The van der Waals surface area contributed by atoms with Gasteiger partial charge in [0.05, 0.1) is 5.52 Å². The molecule has 0 aliphatic carbocycles. The van der Waals surface area contributed by atoms with Gasteiger partial charge in [0.15, 0.2) is 0 Å². The highest BCUT2D eigenvalue weighted by atomic mass is 14.7. The molecule has 2 aromatic rings. The number of fused-ring (bicyclic) bond motifs is 1. The van der Waals surface area contributed by atoms with E-state index in [0.29, 0.717) is 0 Å². The first kappa shape index (κ1) is 8.77. The second-order valence-corrected chi connectivity index (χ2v) is 3.24. The molecule has 0 aliphatic rings. The molecule has 0 bridgehead atoms. The molecular weight excluding hydrogens is 170 g/mol. The summed E-state index contributed by atoms with van der Waals surface area (Å²) in [5.74, 6) is 5.93. The molecule has 0 radical (unpaired) electrons. The first-order chi connectivity index (χ1) is 6.79. The predicted octanol–water partition coefficient (Wildman–Crippen LogP) is 2.91. The van der Waals surface area contributed by atoms with Crippen molar-refractivity contribution in [3.8, 4) is 11.8 Å². The maximum absolute atomic E-state index is 4.43. The number of hydrogen-bond acceptors (Lipinski definition) is 1. The van der Waals surface area contributed by atoms with E-state index in [9.17, 15) is 0 Å². The van der Waals surface area contributed by atoms with Gasteiger partial charge in [0.2, 0.25) is 0 Å². The van der Waals surface area contributed by atoms with Gasteiger partial charge in [-0.2, -0.15) is 0 Å². The van der Waals surface area contributed by atoms with E-state index in [-0.39, 0.29) is 0 Å². The van der Waals surface area contributed by atoms with Crippen LogP contribution in [-0.2, 0) is 0 Å². The molecule has 0 saturated heterocycles. The van der Waals surface area contributed by atoms with Crippen LogP contribution in [0.5, 0.6) is 0 Å². The van der Waals surface area contributed by atoms with E-state index >= 15 is 0 Å². The lowest BCUT2D eigenvalue weighted by Crippen LogP contribution is -1.83. The van der Waals surface area contributed by atoms with E-state index in [1.165, 1.54) is 0 Å².